The van der Waals surface area contributed by atoms with Crippen molar-refractivity contribution in [1.29, 1.82) is 0 Å². The maximum Gasteiger partial charge on any atom is 0.119 e. The van der Waals surface area contributed by atoms with Crippen LogP contribution in [0, 0.1) is 5.92 Å². The largest absolute Gasteiger partial charge is 0.379 e. The SMILES string of the molecule is CC(C)C.CC(C)N1CCCC1.CC(C)N1CCNCC1.CC(C)N1CCOCC1.CC(C)c1cnc[nH]1.CC(C)c1cncs1.CC(C)c1nncs1.c1cncnc1. The van der Waals surface area contributed by atoms with Gasteiger partial charge in [-0.05, 0) is 91.3 Å². The van der Waals surface area contributed by atoms with Crippen molar-refractivity contribution in [2.24, 2.45) is 5.92 Å². The van der Waals surface area contributed by atoms with Gasteiger partial charge in [-0.2, -0.15) is 0 Å². The van der Waals surface area contributed by atoms with Crippen LogP contribution in [0.2, 0.25) is 0 Å². The molecule has 3 saturated heterocycles. The Balaban J connectivity index is 0.000000668. The predicted octanol–water partition coefficient (Wildman–Crippen LogP) is 10.1. The average Bonchev–Trinajstić information content (AvgIpc) is 4.09. The average molecular weight is 874 g/mol. The fourth-order valence-corrected chi connectivity index (χ4v) is 6.54. The summed E-state index contributed by atoms with van der Waals surface area (Å²) in [7, 11) is 0. The number of nitrogens with one attached hydrogen (secondary N) is 2. The van der Waals surface area contributed by atoms with E-state index >= 15 is 0 Å². The molecule has 0 aliphatic carbocycles. The maximum atomic E-state index is 5.21. The van der Waals surface area contributed by atoms with Gasteiger partial charge < -0.3 is 19.9 Å². The lowest BCUT2D eigenvalue weighted by molar-refractivity contribution is 0.0238. The Hall–Kier alpha value is -2.72. The first kappa shape index (κ1) is 57.3. The summed E-state index contributed by atoms with van der Waals surface area (Å²) in [6, 6.07) is 3.97. The lowest BCUT2D eigenvalue weighted by Gasteiger charge is -2.30. The molecule has 60 heavy (non-hydrogen) atoms. The molecule has 0 atom stereocenters. The zero-order valence-corrected chi connectivity index (χ0v) is 42.1. The molecule has 4 aromatic rings. The van der Waals surface area contributed by atoms with Gasteiger partial charge in [-0.25, -0.2) is 15.0 Å². The summed E-state index contributed by atoms with van der Waals surface area (Å²) < 4.78 is 5.21. The second-order valence-electron chi connectivity index (χ2n) is 17.2. The number of piperazine rings is 1. The summed E-state index contributed by atoms with van der Waals surface area (Å²) in [6.45, 7) is 44.3. The first-order chi connectivity index (χ1) is 28.6. The third-order valence-corrected chi connectivity index (χ3v) is 11.1. The number of ether oxygens (including phenoxy) is 1. The van der Waals surface area contributed by atoms with Crippen molar-refractivity contribution in [3.05, 3.63) is 70.1 Å². The van der Waals surface area contributed by atoms with Crippen LogP contribution < -0.4 is 5.32 Å². The molecule has 2 N–H and O–H groups in total. The van der Waals surface area contributed by atoms with Gasteiger partial charge >= 0.3 is 0 Å². The van der Waals surface area contributed by atoms with Crippen LogP contribution in [0.1, 0.15) is 150 Å². The molecule has 7 heterocycles. The molecule has 0 radical (unpaired) electrons. The van der Waals surface area contributed by atoms with Crippen LogP contribution in [0.3, 0.4) is 0 Å². The van der Waals surface area contributed by atoms with Crippen LogP contribution in [0.15, 0.2) is 54.5 Å². The summed E-state index contributed by atoms with van der Waals surface area (Å²) in [5.74, 6) is 2.57. The number of hydrogen-bond acceptors (Lipinski definition) is 13. The van der Waals surface area contributed by atoms with Gasteiger partial charge in [0.05, 0.1) is 25.1 Å². The monoisotopic (exact) mass is 874 g/mol. The van der Waals surface area contributed by atoms with Crippen LogP contribution in [0.25, 0.3) is 0 Å². The number of thiazole rings is 1. The second-order valence-corrected chi connectivity index (χ2v) is 19.0. The van der Waals surface area contributed by atoms with E-state index < -0.39 is 0 Å². The van der Waals surface area contributed by atoms with Gasteiger partial charge in [-0.3, -0.25) is 14.8 Å². The lowest BCUT2D eigenvalue weighted by atomic mass is 10.2. The Morgan fingerprint density at radius 2 is 1.12 bits per heavy atom. The number of nitrogens with zero attached hydrogens (tertiary/aromatic N) is 9. The zero-order chi connectivity index (χ0) is 45.1. The van der Waals surface area contributed by atoms with E-state index in [9.17, 15) is 0 Å². The number of rotatable bonds is 6. The summed E-state index contributed by atoms with van der Waals surface area (Å²) in [6.07, 6.45) is 13.2. The molecule has 3 fully saturated rings. The summed E-state index contributed by atoms with van der Waals surface area (Å²) >= 11 is 3.33. The lowest BCUT2D eigenvalue weighted by Crippen LogP contribution is -2.46. The molecule has 0 spiro atoms. The molecular formula is C46H87N11OS2. The normalized spacial score (nSPS) is 15.5. The van der Waals surface area contributed by atoms with Crippen molar-refractivity contribution in [2.75, 3.05) is 65.6 Å². The number of morpholine rings is 1. The number of H-pyrrole nitrogens is 1. The topological polar surface area (TPSA) is 124 Å². The smallest absolute Gasteiger partial charge is 0.119 e. The second kappa shape index (κ2) is 36.9. The molecule has 14 heteroatoms. The number of hydrogen-bond donors (Lipinski definition) is 2. The quantitative estimate of drug-likeness (QED) is 0.192. The Morgan fingerprint density at radius 3 is 1.37 bits per heavy atom. The van der Waals surface area contributed by atoms with Gasteiger partial charge in [0, 0.05) is 98.7 Å². The molecule has 0 saturated carbocycles. The van der Waals surface area contributed by atoms with Crippen LogP contribution in [0.5, 0.6) is 0 Å². The molecule has 0 unspecified atom stereocenters. The van der Waals surface area contributed by atoms with Crippen LogP contribution in [-0.4, -0.2) is 134 Å². The number of imidazole rings is 1. The van der Waals surface area contributed by atoms with Gasteiger partial charge in [0.25, 0.3) is 0 Å². The Morgan fingerprint density at radius 1 is 0.583 bits per heavy atom. The van der Waals surface area contributed by atoms with Crippen molar-refractivity contribution in [3.8, 4) is 0 Å². The van der Waals surface area contributed by atoms with E-state index in [1.54, 1.807) is 53.0 Å². The summed E-state index contributed by atoms with van der Waals surface area (Å²) in [4.78, 5) is 27.0. The fraction of sp³-hybridized carbons (Fsp3) is 0.739. The van der Waals surface area contributed by atoms with Crippen molar-refractivity contribution in [2.45, 2.75) is 153 Å². The molecule has 3 aliphatic heterocycles. The van der Waals surface area contributed by atoms with Crippen molar-refractivity contribution < 1.29 is 4.74 Å². The van der Waals surface area contributed by atoms with E-state index in [0.29, 0.717) is 23.8 Å². The Kier molecular flexibility index (Phi) is 35.2. The minimum absolute atomic E-state index is 0.530. The zero-order valence-electron chi connectivity index (χ0n) is 40.5. The third-order valence-electron chi connectivity index (χ3n) is 9.04. The standard InChI is InChI=1S/C7H16N2.C7H15NO.C7H15N.C6H10N2.C6H9NS.C5H8N2S.C4H4N2.C4H10/c1-7(2)9-5-3-8-4-6-9;1-7(2)8-3-5-9-6-4-8;1-7(2)8-5-3-4-6-8;2*1-5(2)6-3-7-4-8-6;1-4(2)5-7-6-3-8-5;1-2-5-4-6-3-1;1-4(2)3/h7-8H,3-6H2,1-2H3;7H,3-6H2,1-2H3;7H,3-6H2,1-2H3;3-5H,1-2H3,(H,7,8);3-5H,1-2H3;3-4H,1-2H3;1-4H;4H,1-3H3. The third kappa shape index (κ3) is 32.1. The van der Waals surface area contributed by atoms with E-state index in [1.807, 2.05) is 17.9 Å². The minimum Gasteiger partial charge on any atom is -0.379 e. The Labute approximate surface area is 375 Å². The fourth-order valence-electron chi connectivity index (χ4n) is 5.33. The summed E-state index contributed by atoms with van der Waals surface area (Å²) in [5, 5.41) is 12.0. The molecule has 3 aliphatic rings. The number of aromatic amines is 1. The predicted molar refractivity (Wildman–Crippen MR) is 258 cm³/mol. The molecule has 0 amide bonds. The highest BCUT2D eigenvalue weighted by molar-refractivity contribution is 7.09. The van der Waals surface area contributed by atoms with Crippen molar-refractivity contribution >= 4 is 22.7 Å². The van der Waals surface area contributed by atoms with Gasteiger partial charge in [0.2, 0.25) is 0 Å². The molecular weight excluding hydrogens is 787 g/mol. The van der Waals surface area contributed by atoms with Gasteiger partial charge in [-0.15, -0.1) is 32.9 Å². The van der Waals surface area contributed by atoms with E-state index in [1.165, 1.54) is 55.9 Å². The molecule has 7 rings (SSSR count). The minimum atomic E-state index is 0.530. The Bertz CT molecular complexity index is 1240. The molecule has 12 nitrogen and oxygen atoms in total. The highest BCUT2D eigenvalue weighted by Gasteiger charge is 2.14. The highest BCUT2D eigenvalue weighted by Crippen LogP contribution is 2.17. The molecule has 0 bridgehead atoms. The number of likely N-dealkylation sites (tertiary alicyclic amines) is 1. The first-order valence-electron chi connectivity index (χ1n) is 22.4. The van der Waals surface area contributed by atoms with E-state index in [-0.39, 0.29) is 0 Å². The van der Waals surface area contributed by atoms with Gasteiger partial charge in [-0.1, -0.05) is 62.3 Å². The van der Waals surface area contributed by atoms with Crippen LogP contribution >= 0.6 is 22.7 Å². The molecule has 344 valence electrons. The van der Waals surface area contributed by atoms with Gasteiger partial charge in [0.15, 0.2) is 0 Å². The first-order valence-corrected chi connectivity index (χ1v) is 24.2. The van der Waals surface area contributed by atoms with E-state index in [2.05, 4.69) is 159 Å². The maximum absolute atomic E-state index is 5.21. The van der Waals surface area contributed by atoms with Crippen LogP contribution in [0.4, 0.5) is 0 Å². The van der Waals surface area contributed by atoms with Crippen molar-refractivity contribution in [3.63, 3.8) is 0 Å². The highest BCUT2D eigenvalue weighted by atomic mass is 32.1. The summed E-state index contributed by atoms with van der Waals surface area (Å²) in [5.41, 5.74) is 4.83. The van der Waals surface area contributed by atoms with Crippen molar-refractivity contribution in [1.82, 2.24) is 55.1 Å². The van der Waals surface area contributed by atoms with E-state index in [4.69, 9.17) is 4.74 Å². The molecule has 0 aromatic carbocycles. The van der Waals surface area contributed by atoms with E-state index in [0.717, 1.165) is 62.4 Å². The van der Waals surface area contributed by atoms with Crippen LogP contribution in [-0.2, 0) is 4.74 Å². The van der Waals surface area contributed by atoms with Gasteiger partial charge in [0.1, 0.15) is 16.8 Å². The number of aromatic nitrogens is 7. The molecule has 4 aromatic heterocycles.